The number of piperazine rings is 1. The summed E-state index contributed by atoms with van der Waals surface area (Å²) >= 11 is 0. The molecule has 1 unspecified atom stereocenters. The van der Waals surface area contributed by atoms with Crippen molar-refractivity contribution in [1.29, 1.82) is 0 Å². The number of nitro benzene ring substituents is 1. The summed E-state index contributed by atoms with van der Waals surface area (Å²) in [6.07, 6.45) is 1.17. The van der Waals surface area contributed by atoms with E-state index in [4.69, 9.17) is 0 Å². The van der Waals surface area contributed by atoms with Crippen molar-refractivity contribution in [1.82, 2.24) is 9.21 Å². The molecule has 2 saturated heterocycles. The molecule has 0 spiro atoms. The molecule has 2 aromatic carbocycles. The van der Waals surface area contributed by atoms with E-state index in [-0.39, 0.29) is 11.6 Å². The van der Waals surface area contributed by atoms with Gasteiger partial charge in [-0.1, -0.05) is 17.7 Å². The van der Waals surface area contributed by atoms with Crippen LogP contribution in [0.4, 0.5) is 11.4 Å². The number of aryl methyl sites for hydroxylation is 3. The summed E-state index contributed by atoms with van der Waals surface area (Å²) in [5, 5.41) is 10.9. The highest BCUT2D eigenvalue weighted by molar-refractivity contribution is 7.89. The van der Waals surface area contributed by atoms with Gasteiger partial charge >= 0.3 is 0 Å². The number of hydrogen-bond acceptors (Lipinski definition) is 6. The van der Waals surface area contributed by atoms with Gasteiger partial charge in [0.1, 0.15) is 6.04 Å². The third-order valence-corrected chi connectivity index (χ3v) is 8.89. The number of nitrogens with zero attached hydrogens (tertiary/aromatic N) is 4. The van der Waals surface area contributed by atoms with Gasteiger partial charge in [0, 0.05) is 50.5 Å². The Labute approximate surface area is 200 Å². The summed E-state index contributed by atoms with van der Waals surface area (Å²) in [5.41, 5.74) is 3.32. The van der Waals surface area contributed by atoms with Gasteiger partial charge in [0.15, 0.2) is 0 Å². The molecular weight excluding hydrogens is 456 g/mol. The molecule has 0 aromatic heterocycles. The van der Waals surface area contributed by atoms with Gasteiger partial charge in [-0.25, -0.2) is 8.42 Å². The average Bonchev–Trinajstić information content (AvgIpc) is 3.29. The molecule has 2 heterocycles. The third kappa shape index (κ3) is 4.52. The molecule has 0 radical (unpaired) electrons. The highest BCUT2D eigenvalue weighted by atomic mass is 32.2. The molecule has 2 aliphatic heterocycles. The number of amides is 1. The number of benzene rings is 2. The molecule has 9 nitrogen and oxygen atoms in total. The van der Waals surface area contributed by atoms with E-state index in [0.29, 0.717) is 61.6 Å². The number of hydrogen-bond donors (Lipinski definition) is 0. The first kappa shape index (κ1) is 24.2. The maximum atomic E-state index is 13.6. The first-order valence-corrected chi connectivity index (χ1v) is 12.9. The molecule has 182 valence electrons. The van der Waals surface area contributed by atoms with Crippen molar-refractivity contribution < 1.29 is 18.1 Å². The largest absolute Gasteiger partial charge is 0.368 e. The maximum absolute atomic E-state index is 13.6. The summed E-state index contributed by atoms with van der Waals surface area (Å²) in [7, 11) is -3.79. The SMILES string of the molecule is Cc1cc(C)c(S(=O)(=O)N2CCCC2C(=O)N2CCN(c3ccc([N+](=O)[O-])cc3)CC2)c(C)c1. The van der Waals surface area contributed by atoms with Crippen molar-refractivity contribution in [3.8, 4) is 0 Å². The van der Waals surface area contributed by atoms with Crippen LogP contribution in [0.3, 0.4) is 0 Å². The smallest absolute Gasteiger partial charge is 0.269 e. The van der Waals surface area contributed by atoms with Gasteiger partial charge in [-0.05, 0) is 56.9 Å². The number of carbonyl (C=O) groups excluding carboxylic acids is 1. The van der Waals surface area contributed by atoms with E-state index < -0.39 is 21.0 Å². The summed E-state index contributed by atoms with van der Waals surface area (Å²) in [5.74, 6) is -0.146. The minimum absolute atomic E-state index is 0.0409. The molecule has 0 aliphatic carbocycles. The van der Waals surface area contributed by atoms with E-state index in [1.807, 2.05) is 19.1 Å². The second-order valence-corrected chi connectivity index (χ2v) is 10.9. The van der Waals surface area contributed by atoms with Crippen LogP contribution in [-0.2, 0) is 14.8 Å². The summed E-state index contributed by atoms with van der Waals surface area (Å²) in [4.78, 5) is 28.0. The lowest BCUT2D eigenvalue weighted by atomic mass is 10.1. The lowest BCUT2D eigenvalue weighted by molar-refractivity contribution is -0.384. The van der Waals surface area contributed by atoms with Crippen molar-refractivity contribution in [2.24, 2.45) is 0 Å². The first-order valence-electron chi connectivity index (χ1n) is 11.5. The van der Waals surface area contributed by atoms with Crippen molar-refractivity contribution in [2.45, 2.75) is 44.6 Å². The highest BCUT2D eigenvalue weighted by Gasteiger charge is 2.42. The Morgan fingerprint density at radius 2 is 1.56 bits per heavy atom. The predicted octanol–water partition coefficient (Wildman–Crippen LogP) is 3.02. The zero-order valence-corrected chi connectivity index (χ0v) is 20.5. The predicted molar refractivity (Wildman–Crippen MR) is 129 cm³/mol. The summed E-state index contributed by atoms with van der Waals surface area (Å²) in [6, 6.07) is 9.43. The quantitative estimate of drug-likeness (QED) is 0.475. The molecule has 4 rings (SSSR count). The molecule has 0 bridgehead atoms. The van der Waals surface area contributed by atoms with Crippen molar-refractivity contribution in [2.75, 3.05) is 37.6 Å². The van der Waals surface area contributed by atoms with Crippen LogP contribution in [0.5, 0.6) is 0 Å². The number of anilines is 1. The van der Waals surface area contributed by atoms with Crippen LogP contribution in [0.15, 0.2) is 41.3 Å². The summed E-state index contributed by atoms with van der Waals surface area (Å²) in [6.45, 7) is 8.00. The number of rotatable bonds is 5. The molecule has 0 N–H and O–H groups in total. The van der Waals surface area contributed by atoms with Crippen LogP contribution >= 0.6 is 0 Å². The minimum Gasteiger partial charge on any atom is -0.368 e. The lowest BCUT2D eigenvalue weighted by Gasteiger charge is -2.38. The first-order chi connectivity index (χ1) is 16.1. The molecule has 10 heteroatoms. The average molecular weight is 487 g/mol. The van der Waals surface area contributed by atoms with E-state index >= 15 is 0 Å². The van der Waals surface area contributed by atoms with Gasteiger partial charge in [0.2, 0.25) is 15.9 Å². The van der Waals surface area contributed by atoms with E-state index in [0.717, 1.165) is 11.3 Å². The molecule has 1 atom stereocenters. The van der Waals surface area contributed by atoms with Crippen LogP contribution in [0.2, 0.25) is 0 Å². The molecule has 0 saturated carbocycles. The Morgan fingerprint density at radius 3 is 2.12 bits per heavy atom. The fourth-order valence-corrected chi connectivity index (χ4v) is 7.21. The van der Waals surface area contributed by atoms with E-state index in [2.05, 4.69) is 4.90 Å². The monoisotopic (exact) mass is 486 g/mol. The van der Waals surface area contributed by atoms with Crippen LogP contribution < -0.4 is 4.90 Å². The fraction of sp³-hybridized carbons (Fsp3) is 0.458. The van der Waals surface area contributed by atoms with E-state index in [1.165, 1.54) is 16.4 Å². The normalized spacial score (nSPS) is 19.4. The number of carbonyl (C=O) groups is 1. The molecule has 2 fully saturated rings. The second kappa shape index (κ2) is 9.34. The van der Waals surface area contributed by atoms with Gasteiger partial charge in [-0.15, -0.1) is 0 Å². The Kier molecular flexibility index (Phi) is 6.64. The van der Waals surface area contributed by atoms with Gasteiger partial charge in [0.25, 0.3) is 5.69 Å². The van der Waals surface area contributed by atoms with Crippen molar-refractivity contribution in [3.05, 3.63) is 63.2 Å². The minimum atomic E-state index is -3.79. The van der Waals surface area contributed by atoms with E-state index in [9.17, 15) is 23.3 Å². The Balaban J connectivity index is 1.47. The molecule has 2 aromatic rings. The molecule has 34 heavy (non-hydrogen) atoms. The second-order valence-electron chi connectivity index (χ2n) is 9.09. The van der Waals surface area contributed by atoms with Gasteiger partial charge < -0.3 is 9.80 Å². The van der Waals surface area contributed by atoms with Crippen LogP contribution in [0, 0.1) is 30.9 Å². The zero-order chi connectivity index (χ0) is 24.6. The van der Waals surface area contributed by atoms with Crippen molar-refractivity contribution >= 4 is 27.3 Å². The highest BCUT2D eigenvalue weighted by Crippen LogP contribution is 2.32. The van der Waals surface area contributed by atoms with Gasteiger partial charge in [0.05, 0.1) is 9.82 Å². The van der Waals surface area contributed by atoms with Crippen LogP contribution in [0.25, 0.3) is 0 Å². The Morgan fingerprint density at radius 1 is 0.971 bits per heavy atom. The Bertz CT molecular complexity index is 1180. The maximum Gasteiger partial charge on any atom is 0.269 e. The molecule has 1 amide bonds. The zero-order valence-electron chi connectivity index (χ0n) is 19.7. The van der Waals surface area contributed by atoms with E-state index in [1.54, 1.807) is 30.9 Å². The topological polar surface area (TPSA) is 104 Å². The van der Waals surface area contributed by atoms with Crippen LogP contribution in [-0.4, -0.2) is 67.2 Å². The molecule has 2 aliphatic rings. The van der Waals surface area contributed by atoms with Gasteiger partial charge in [-0.2, -0.15) is 4.31 Å². The van der Waals surface area contributed by atoms with Crippen molar-refractivity contribution in [3.63, 3.8) is 0 Å². The Hall–Kier alpha value is -2.98. The van der Waals surface area contributed by atoms with Crippen LogP contribution in [0.1, 0.15) is 29.5 Å². The van der Waals surface area contributed by atoms with Gasteiger partial charge in [-0.3, -0.25) is 14.9 Å². The lowest BCUT2D eigenvalue weighted by Crippen LogP contribution is -2.54. The fourth-order valence-electron chi connectivity index (χ4n) is 5.15. The number of non-ortho nitro benzene ring substituents is 1. The summed E-state index contributed by atoms with van der Waals surface area (Å²) < 4.78 is 28.6. The number of sulfonamides is 1. The molecular formula is C24H30N4O5S. The third-order valence-electron chi connectivity index (χ3n) is 6.68. The number of nitro groups is 1. The standard InChI is InChI=1S/C24H30N4O5S/c1-17-15-18(2)23(19(3)16-17)34(32,33)27-10-4-5-22(27)24(29)26-13-11-25(12-14-26)20-6-8-21(9-7-20)28(30)31/h6-9,15-16,22H,4-5,10-14H2,1-3H3.